The lowest BCUT2D eigenvalue weighted by Crippen LogP contribution is -2.30. The van der Waals surface area contributed by atoms with E-state index in [-0.39, 0.29) is 5.91 Å². The summed E-state index contributed by atoms with van der Waals surface area (Å²) < 4.78 is 0. The van der Waals surface area contributed by atoms with Crippen molar-refractivity contribution in [3.05, 3.63) is 34.9 Å². The second-order valence-electron chi connectivity index (χ2n) is 3.70. The SMILES string of the molecule is Cc1cc(C(=O)NN)ccc1C(C)C. The average molecular weight is 192 g/mol. The number of nitrogens with one attached hydrogen (secondary N) is 1. The van der Waals surface area contributed by atoms with Crippen LogP contribution in [0.25, 0.3) is 0 Å². The zero-order valence-electron chi connectivity index (χ0n) is 8.79. The molecule has 3 N–H and O–H groups in total. The summed E-state index contributed by atoms with van der Waals surface area (Å²) in [6, 6.07) is 5.63. The van der Waals surface area contributed by atoms with Gasteiger partial charge in [0, 0.05) is 5.56 Å². The smallest absolute Gasteiger partial charge is 0.265 e. The van der Waals surface area contributed by atoms with Crippen molar-refractivity contribution in [2.45, 2.75) is 26.7 Å². The van der Waals surface area contributed by atoms with Gasteiger partial charge < -0.3 is 0 Å². The lowest BCUT2D eigenvalue weighted by atomic mass is 9.96. The maximum atomic E-state index is 11.2. The van der Waals surface area contributed by atoms with Gasteiger partial charge in [0.15, 0.2) is 0 Å². The van der Waals surface area contributed by atoms with Crippen LogP contribution in [-0.2, 0) is 0 Å². The van der Waals surface area contributed by atoms with Gasteiger partial charge in [-0.2, -0.15) is 0 Å². The van der Waals surface area contributed by atoms with Crippen LogP contribution in [0.4, 0.5) is 0 Å². The molecule has 0 aromatic heterocycles. The molecule has 1 amide bonds. The summed E-state index contributed by atoms with van der Waals surface area (Å²) in [5.74, 6) is 5.28. The van der Waals surface area contributed by atoms with Crippen LogP contribution in [0.1, 0.15) is 41.3 Å². The molecule has 0 fully saturated rings. The van der Waals surface area contributed by atoms with Crippen molar-refractivity contribution in [1.29, 1.82) is 0 Å². The van der Waals surface area contributed by atoms with Gasteiger partial charge >= 0.3 is 0 Å². The van der Waals surface area contributed by atoms with Gasteiger partial charge in [0.2, 0.25) is 0 Å². The third kappa shape index (κ3) is 2.12. The van der Waals surface area contributed by atoms with Gasteiger partial charge in [-0.25, -0.2) is 5.84 Å². The Morgan fingerprint density at radius 2 is 2.07 bits per heavy atom. The molecule has 3 nitrogen and oxygen atoms in total. The van der Waals surface area contributed by atoms with Crippen molar-refractivity contribution < 1.29 is 4.79 Å². The highest BCUT2D eigenvalue weighted by Gasteiger charge is 2.07. The number of aryl methyl sites for hydroxylation is 1. The highest BCUT2D eigenvalue weighted by atomic mass is 16.2. The van der Waals surface area contributed by atoms with E-state index in [0.29, 0.717) is 11.5 Å². The molecule has 14 heavy (non-hydrogen) atoms. The Bertz CT molecular complexity index is 345. The first kappa shape index (κ1) is 10.7. The van der Waals surface area contributed by atoms with Crippen molar-refractivity contribution in [2.24, 2.45) is 5.84 Å². The predicted octanol–water partition coefficient (Wildman–Crippen LogP) is 1.72. The number of hydrazine groups is 1. The van der Waals surface area contributed by atoms with Crippen LogP contribution in [0.2, 0.25) is 0 Å². The van der Waals surface area contributed by atoms with E-state index in [1.807, 2.05) is 19.1 Å². The van der Waals surface area contributed by atoms with Gasteiger partial charge in [-0.1, -0.05) is 19.9 Å². The third-order valence-electron chi connectivity index (χ3n) is 2.29. The van der Waals surface area contributed by atoms with Crippen molar-refractivity contribution in [3.8, 4) is 0 Å². The minimum Gasteiger partial charge on any atom is -0.290 e. The lowest BCUT2D eigenvalue weighted by Gasteiger charge is -2.10. The van der Waals surface area contributed by atoms with E-state index in [9.17, 15) is 4.79 Å². The van der Waals surface area contributed by atoms with Gasteiger partial charge in [-0.05, 0) is 36.1 Å². The number of rotatable bonds is 2. The fraction of sp³-hybridized carbons (Fsp3) is 0.364. The highest BCUT2D eigenvalue weighted by Crippen LogP contribution is 2.19. The molecule has 1 aromatic carbocycles. The molecule has 0 heterocycles. The number of nitrogens with two attached hydrogens (primary N) is 1. The Kier molecular flexibility index (Phi) is 3.25. The molecule has 0 aliphatic heterocycles. The number of amides is 1. The maximum Gasteiger partial charge on any atom is 0.265 e. The molecule has 1 rings (SSSR count). The van der Waals surface area contributed by atoms with E-state index in [4.69, 9.17) is 5.84 Å². The minimum absolute atomic E-state index is 0.247. The second-order valence-corrected chi connectivity index (χ2v) is 3.70. The molecule has 0 atom stereocenters. The highest BCUT2D eigenvalue weighted by molar-refractivity contribution is 5.94. The summed E-state index contributed by atoms with van der Waals surface area (Å²) in [4.78, 5) is 11.2. The largest absolute Gasteiger partial charge is 0.290 e. The first-order valence-corrected chi connectivity index (χ1v) is 4.67. The van der Waals surface area contributed by atoms with Gasteiger partial charge in [0.25, 0.3) is 5.91 Å². The molecule has 0 bridgehead atoms. The summed E-state index contributed by atoms with van der Waals surface area (Å²) >= 11 is 0. The molecule has 0 saturated heterocycles. The standard InChI is InChI=1S/C11H16N2O/c1-7(2)10-5-4-9(6-8(10)3)11(14)13-12/h4-7H,12H2,1-3H3,(H,13,14). The lowest BCUT2D eigenvalue weighted by molar-refractivity contribution is 0.0953. The van der Waals surface area contributed by atoms with E-state index in [1.54, 1.807) is 6.07 Å². The van der Waals surface area contributed by atoms with E-state index < -0.39 is 0 Å². The normalized spacial score (nSPS) is 10.4. The van der Waals surface area contributed by atoms with Crippen molar-refractivity contribution >= 4 is 5.91 Å². The zero-order valence-corrected chi connectivity index (χ0v) is 8.79. The number of carbonyl (C=O) groups excluding carboxylic acids is 1. The van der Waals surface area contributed by atoms with E-state index in [2.05, 4.69) is 19.3 Å². The molecular formula is C11H16N2O. The van der Waals surface area contributed by atoms with Gasteiger partial charge in [0.1, 0.15) is 0 Å². The van der Waals surface area contributed by atoms with Crippen LogP contribution in [0, 0.1) is 6.92 Å². The second kappa shape index (κ2) is 4.24. The number of nitrogen functional groups attached to an aromatic ring is 1. The molecule has 76 valence electrons. The molecule has 0 spiro atoms. The van der Waals surface area contributed by atoms with Gasteiger partial charge in [-0.3, -0.25) is 10.2 Å². The van der Waals surface area contributed by atoms with Crippen LogP contribution in [-0.4, -0.2) is 5.91 Å². The molecule has 3 heteroatoms. The van der Waals surface area contributed by atoms with Crippen LogP contribution in [0.15, 0.2) is 18.2 Å². The van der Waals surface area contributed by atoms with Crippen LogP contribution >= 0.6 is 0 Å². The molecular weight excluding hydrogens is 176 g/mol. The maximum absolute atomic E-state index is 11.2. The molecule has 0 aliphatic rings. The van der Waals surface area contributed by atoms with Crippen molar-refractivity contribution in [2.75, 3.05) is 0 Å². The first-order valence-electron chi connectivity index (χ1n) is 4.67. The Balaban J connectivity index is 3.06. The zero-order chi connectivity index (χ0) is 10.7. The van der Waals surface area contributed by atoms with Gasteiger partial charge in [-0.15, -0.1) is 0 Å². The fourth-order valence-corrected chi connectivity index (χ4v) is 1.55. The predicted molar refractivity (Wildman–Crippen MR) is 56.9 cm³/mol. The summed E-state index contributed by atoms with van der Waals surface area (Å²) in [7, 11) is 0. The van der Waals surface area contributed by atoms with E-state index in [1.165, 1.54) is 5.56 Å². The summed E-state index contributed by atoms with van der Waals surface area (Å²) in [5.41, 5.74) is 5.11. The fourth-order valence-electron chi connectivity index (χ4n) is 1.55. The number of hydrogen-bond donors (Lipinski definition) is 2. The Morgan fingerprint density at radius 3 is 2.50 bits per heavy atom. The number of hydrogen-bond acceptors (Lipinski definition) is 2. The number of benzene rings is 1. The summed E-state index contributed by atoms with van der Waals surface area (Å²) in [6.07, 6.45) is 0. The van der Waals surface area contributed by atoms with Crippen LogP contribution in [0.3, 0.4) is 0 Å². The van der Waals surface area contributed by atoms with E-state index in [0.717, 1.165) is 5.56 Å². The monoisotopic (exact) mass is 192 g/mol. The third-order valence-corrected chi connectivity index (χ3v) is 2.29. The minimum atomic E-state index is -0.247. The average Bonchev–Trinajstić information content (AvgIpc) is 2.15. The Hall–Kier alpha value is -1.35. The quantitative estimate of drug-likeness (QED) is 0.426. The van der Waals surface area contributed by atoms with Crippen molar-refractivity contribution in [1.82, 2.24) is 5.43 Å². The van der Waals surface area contributed by atoms with Crippen LogP contribution in [0.5, 0.6) is 0 Å². The van der Waals surface area contributed by atoms with Crippen molar-refractivity contribution in [3.63, 3.8) is 0 Å². The molecule has 0 aliphatic carbocycles. The number of carbonyl (C=O) groups is 1. The van der Waals surface area contributed by atoms with Crippen LogP contribution < -0.4 is 11.3 Å². The summed E-state index contributed by atoms with van der Waals surface area (Å²) in [5, 5.41) is 0. The summed E-state index contributed by atoms with van der Waals surface area (Å²) in [6.45, 7) is 6.26. The molecule has 1 aromatic rings. The topological polar surface area (TPSA) is 55.1 Å². The Labute approximate surface area is 84.3 Å². The van der Waals surface area contributed by atoms with Gasteiger partial charge in [0.05, 0.1) is 0 Å². The Morgan fingerprint density at radius 1 is 1.43 bits per heavy atom. The van der Waals surface area contributed by atoms with E-state index >= 15 is 0 Å². The molecule has 0 saturated carbocycles. The molecule has 0 unspecified atom stereocenters. The molecule has 0 radical (unpaired) electrons. The first-order chi connectivity index (χ1) is 6.56.